The Labute approximate surface area is 82.0 Å². The lowest BCUT2D eigenvalue weighted by atomic mass is 10.2. The van der Waals surface area contributed by atoms with Gasteiger partial charge in [0.15, 0.2) is 0 Å². The van der Waals surface area contributed by atoms with Crippen molar-refractivity contribution in [2.45, 2.75) is 12.6 Å². The summed E-state index contributed by atoms with van der Waals surface area (Å²) in [4.78, 5) is 14.9. The van der Waals surface area contributed by atoms with Crippen LogP contribution < -0.4 is 11.1 Å². The summed E-state index contributed by atoms with van der Waals surface area (Å²) in [5.74, 6) is -0.454. The van der Waals surface area contributed by atoms with Crippen molar-refractivity contribution in [3.05, 3.63) is 30.1 Å². The van der Waals surface area contributed by atoms with E-state index in [1.165, 1.54) is 0 Å². The third-order valence-corrected chi connectivity index (χ3v) is 1.74. The minimum absolute atomic E-state index is 0.0673. The number of hydrogen-bond donors (Lipinski definition) is 3. The van der Waals surface area contributed by atoms with Gasteiger partial charge in [-0.3, -0.25) is 9.78 Å². The molecule has 1 atom stereocenters. The summed E-state index contributed by atoms with van der Waals surface area (Å²) in [5.41, 5.74) is 6.05. The molecule has 0 aromatic carbocycles. The molecule has 5 heteroatoms. The van der Waals surface area contributed by atoms with E-state index in [0.29, 0.717) is 6.54 Å². The van der Waals surface area contributed by atoms with Gasteiger partial charge in [0, 0.05) is 25.5 Å². The fourth-order valence-corrected chi connectivity index (χ4v) is 0.915. The van der Waals surface area contributed by atoms with Crippen molar-refractivity contribution < 1.29 is 9.90 Å². The molecule has 0 saturated heterocycles. The van der Waals surface area contributed by atoms with E-state index in [1.807, 2.05) is 0 Å². The van der Waals surface area contributed by atoms with E-state index in [0.717, 1.165) is 5.56 Å². The molecule has 14 heavy (non-hydrogen) atoms. The second-order valence-corrected chi connectivity index (χ2v) is 2.82. The molecule has 0 aliphatic carbocycles. The number of aliphatic hydroxyl groups excluding tert-OH is 1. The number of amides is 1. The average Bonchev–Trinajstić information content (AvgIpc) is 2.26. The third kappa shape index (κ3) is 3.12. The molecule has 0 spiro atoms. The minimum atomic E-state index is -1.13. The van der Waals surface area contributed by atoms with Gasteiger partial charge >= 0.3 is 0 Å². The molecule has 0 aliphatic heterocycles. The van der Waals surface area contributed by atoms with Crippen LogP contribution >= 0.6 is 0 Å². The van der Waals surface area contributed by atoms with Crippen molar-refractivity contribution >= 4 is 5.91 Å². The zero-order valence-corrected chi connectivity index (χ0v) is 7.68. The topological polar surface area (TPSA) is 88.2 Å². The molecule has 5 nitrogen and oxygen atoms in total. The Balaban J connectivity index is 2.38. The lowest BCUT2D eigenvalue weighted by molar-refractivity contribution is -0.128. The zero-order valence-electron chi connectivity index (χ0n) is 7.68. The number of pyridine rings is 1. The van der Waals surface area contributed by atoms with Crippen molar-refractivity contribution in [2.75, 3.05) is 6.54 Å². The van der Waals surface area contributed by atoms with Crippen LogP contribution in [0.15, 0.2) is 24.5 Å². The molecule has 0 bridgehead atoms. The van der Waals surface area contributed by atoms with Gasteiger partial charge in [0.1, 0.15) is 6.10 Å². The minimum Gasteiger partial charge on any atom is -0.382 e. The first-order valence-corrected chi connectivity index (χ1v) is 4.29. The summed E-state index contributed by atoms with van der Waals surface area (Å²) < 4.78 is 0. The van der Waals surface area contributed by atoms with E-state index < -0.39 is 12.0 Å². The van der Waals surface area contributed by atoms with Gasteiger partial charge in [0.25, 0.3) is 0 Å². The lowest BCUT2D eigenvalue weighted by Gasteiger charge is -2.08. The highest BCUT2D eigenvalue weighted by Gasteiger charge is 2.11. The molecular weight excluding hydrogens is 182 g/mol. The first-order valence-electron chi connectivity index (χ1n) is 4.29. The molecule has 0 radical (unpaired) electrons. The van der Waals surface area contributed by atoms with Gasteiger partial charge in [0.05, 0.1) is 0 Å². The third-order valence-electron chi connectivity index (χ3n) is 1.74. The molecule has 0 fully saturated rings. The van der Waals surface area contributed by atoms with Crippen molar-refractivity contribution in [2.24, 2.45) is 5.73 Å². The fraction of sp³-hybridized carbons (Fsp3) is 0.333. The Kier molecular flexibility index (Phi) is 4.03. The molecule has 4 N–H and O–H groups in total. The number of carbonyl (C=O) groups excluding carboxylic acids is 1. The number of carbonyl (C=O) groups is 1. The smallest absolute Gasteiger partial charge is 0.250 e. The fourth-order valence-electron chi connectivity index (χ4n) is 0.915. The van der Waals surface area contributed by atoms with Crippen LogP contribution in [0.3, 0.4) is 0 Å². The van der Waals surface area contributed by atoms with E-state index in [-0.39, 0.29) is 6.54 Å². The lowest BCUT2D eigenvalue weighted by Crippen LogP contribution is -2.38. The molecule has 0 unspecified atom stereocenters. The molecule has 1 rings (SSSR count). The molecule has 76 valence electrons. The maximum atomic E-state index is 11.1. The summed E-state index contributed by atoms with van der Waals surface area (Å²) in [6.45, 7) is 0.306. The molecule has 1 amide bonds. The number of aromatic nitrogens is 1. The van der Waals surface area contributed by atoms with Gasteiger partial charge in [-0.1, -0.05) is 0 Å². The van der Waals surface area contributed by atoms with E-state index in [9.17, 15) is 4.79 Å². The number of nitrogens with two attached hydrogens (primary N) is 1. The number of rotatable bonds is 4. The first-order chi connectivity index (χ1) is 6.74. The standard InChI is InChI=1S/C9H13N3O2/c10-5-8(13)9(14)12-6-7-1-3-11-4-2-7/h1-4,8,13H,5-6,10H2,(H,12,14)/t8-/m1/s1. The second-order valence-electron chi connectivity index (χ2n) is 2.82. The van der Waals surface area contributed by atoms with Gasteiger partial charge < -0.3 is 16.2 Å². The van der Waals surface area contributed by atoms with Crippen LogP contribution in [0.4, 0.5) is 0 Å². The Hall–Kier alpha value is -1.46. The summed E-state index contributed by atoms with van der Waals surface area (Å²) in [6, 6.07) is 3.57. The van der Waals surface area contributed by atoms with Gasteiger partial charge in [0.2, 0.25) is 5.91 Å². The van der Waals surface area contributed by atoms with E-state index in [1.54, 1.807) is 24.5 Å². The molecule has 1 aromatic heterocycles. The number of nitrogens with zero attached hydrogens (tertiary/aromatic N) is 1. The van der Waals surface area contributed by atoms with Crippen LogP contribution in [0.5, 0.6) is 0 Å². The number of aliphatic hydroxyl groups is 1. The highest BCUT2D eigenvalue weighted by Crippen LogP contribution is 1.94. The summed E-state index contributed by atoms with van der Waals surface area (Å²) in [7, 11) is 0. The van der Waals surface area contributed by atoms with Gasteiger partial charge in [-0.25, -0.2) is 0 Å². The highest BCUT2D eigenvalue weighted by molar-refractivity contribution is 5.80. The Morgan fingerprint density at radius 3 is 2.79 bits per heavy atom. The van der Waals surface area contributed by atoms with Crippen LogP contribution in [0.1, 0.15) is 5.56 Å². The largest absolute Gasteiger partial charge is 0.382 e. The van der Waals surface area contributed by atoms with E-state index in [2.05, 4.69) is 10.3 Å². The molecule has 1 aromatic rings. The maximum absolute atomic E-state index is 11.1. The summed E-state index contributed by atoms with van der Waals surface area (Å²) in [5, 5.41) is 11.6. The van der Waals surface area contributed by atoms with Crippen molar-refractivity contribution in [1.82, 2.24) is 10.3 Å². The maximum Gasteiger partial charge on any atom is 0.250 e. The average molecular weight is 195 g/mol. The quantitative estimate of drug-likeness (QED) is 0.576. The SMILES string of the molecule is NC[C@@H](O)C(=O)NCc1ccncc1. The van der Waals surface area contributed by atoms with Crippen LogP contribution in [0, 0.1) is 0 Å². The highest BCUT2D eigenvalue weighted by atomic mass is 16.3. The van der Waals surface area contributed by atoms with Crippen LogP contribution in [-0.4, -0.2) is 28.6 Å². The first kappa shape index (κ1) is 10.6. The number of nitrogens with one attached hydrogen (secondary N) is 1. The predicted octanol–water partition coefficient (Wildman–Crippen LogP) is -0.983. The van der Waals surface area contributed by atoms with Crippen LogP contribution in [0.2, 0.25) is 0 Å². The van der Waals surface area contributed by atoms with Crippen LogP contribution in [0.25, 0.3) is 0 Å². The van der Waals surface area contributed by atoms with E-state index in [4.69, 9.17) is 10.8 Å². The van der Waals surface area contributed by atoms with Gasteiger partial charge in [-0.15, -0.1) is 0 Å². The molecule has 0 aliphatic rings. The molecular formula is C9H13N3O2. The van der Waals surface area contributed by atoms with Crippen molar-refractivity contribution in [3.63, 3.8) is 0 Å². The Bertz CT molecular complexity index is 289. The second kappa shape index (κ2) is 5.31. The normalized spacial score (nSPS) is 12.1. The van der Waals surface area contributed by atoms with E-state index >= 15 is 0 Å². The van der Waals surface area contributed by atoms with Gasteiger partial charge in [-0.05, 0) is 17.7 Å². The molecule has 0 saturated carbocycles. The van der Waals surface area contributed by atoms with Crippen molar-refractivity contribution in [3.8, 4) is 0 Å². The number of hydrogen-bond acceptors (Lipinski definition) is 4. The summed E-state index contributed by atoms with van der Waals surface area (Å²) in [6.07, 6.45) is 2.15. The monoisotopic (exact) mass is 195 g/mol. The Morgan fingerprint density at radius 2 is 2.21 bits per heavy atom. The zero-order chi connectivity index (χ0) is 10.4. The van der Waals surface area contributed by atoms with Crippen LogP contribution in [-0.2, 0) is 11.3 Å². The predicted molar refractivity (Wildman–Crippen MR) is 51.1 cm³/mol. The molecule has 1 heterocycles. The summed E-state index contributed by atoms with van der Waals surface area (Å²) >= 11 is 0. The van der Waals surface area contributed by atoms with Gasteiger partial charge in [-0.2, -0.15) is 0 Å². The Morgan fingerprint density at radius 1 is 1.57 bits per heavy atom. The van der Waals surface area contributed by atoms with Crippen molar-refractivity contribution in [1.29, 1.82) is 0 Å².